The normalized spacial score (nSPS) is 30.0. The molecular formula is C40H45N7O5S. The highest BCUT2D eigenvalue weighted by Gasteiger charge is 2.60. The smallest absolute Gasteiger partial charge is 0.305 e. The minimum atomic E-state index is -3.83. The second-order valence-electron chi connectivity index (χ2n) is 15.7. The van der Waals surface area contributed by atoms with Crippen molar-refractivity contribution in [3.8, 4) is 23.0 Å². The van der Waals surface area contributed by atoms with Crippen LogP contribution in [0.1, 0.15) is 46.5 Å². The van der Waals surface area contributed by atoms with E-state index in [1.54, 1.807) is 18.5 Å². The molecule has 4 heterocycles. The van der Waals surface area contributed by atoms with Gasteiger partial charge in [-0.2, -0.15) is 18.4 Å². The van der Waals surface area contributed by atoms with E-state index in [9.17, 15) is 18.0 Å². The third-order valence-corrected chi connectivity index (χ3v) is 12.9. The van der Waals surface area contributed by atoms with E-state index in [-0.39, 0.29) is 46.4 Å². The first-order chi connectivity index (χ1) is 25.3. The summed E-state index contributed by atoms with van der Waals surface area (Å²) in [6, 6.07) is 11.3. The molecule has 0 bridgehead atoms. The molecule has 3 fully saturated rings. The fourth-order valence-electron chi connectivity index (χ4n) is 10.1. The molecule has 5 aliphatic rings. The number of carbonyl (C=O) groups is 2. The minimum Gasteiger partial charge on any atom is -0.386 e. The SMILES string of the molecule is CC1C[C@H]2[C@@H]3CCC4=CC(=O)C=C(OS(C)(=O)=O)[C@]4(C)C3=CC[C@]2(C)[C@H]1C(=O)CN1CCN(c2nc(-c3ccccn3)nc(-c3ccccn3)n2)CC1. The van der Waals surface area contributed by atoms with Gasteiger partial charge in [0.1, 0.15) is 17.1 Å². The Hall–Kier alpha value is -4.62. The number of ketones is 2. The number of aromatic nitrogens is 5. The zero-order valence-corrected chi connectivity index (χ0v) is 31.4. The minimum absolute atomic E-state index is 0.0892. The number of fused-ring (bicyclic) bond motifs is 5. The lowest BCUT2D eigenvalue weighted by Gasteiger charge is -2.53. The first-order valence-corrected chi connectivity index (χ1v) is 20.3. The van der Waals surface area contributed by atoms with Crippen molar-refractivity contribution in [3.63, 3.8) is 0 Å². The summed E-state index contributed by atoms with van der Waals surface area (Å²) in [5, 5.41) is 0. The first-order valence-electron chi connectivity index (χ1n) is 18.5. The van der Waals surface area contributed by atoms with Gasteiger partial charge in [0.15, 0.2) is 23.2 Å². The Kier molecular flexibility index (Phi) is 8.92. The van der Waals surface area contributed by atoms with Gasteiger partial charge in [-0.25, -0.2) is 4.98 Å². The number of allylic oxidation sites excluding steroid dienone is 4. The van der Waals surface area contributed by atoms with Gasteiger partial charge in [0.2, 0.25) is 5.95 Å². The highest BCUT2D eigenvalue weighted by atomic mass is 32.2. The van der Waals surface area contributed by atoms with Crippen molar-refractivity contribution in [2.45, 2.75) is 46.5 Å². The highest BCUT2D eigenvalue weighted by molar-refractivity contribution is 7.86. The van der Waals surface area contributed by atoms with Crippen LogP contribution in [-0.4, -0.2) is 88.8 Å². The topological polar surface area (TPSA) is 148 Å². The van der Waals surface area contributed by atoms with Crippen LogP contribution in [-0.2, 0) is 23.9 Å². The molecule has 13 heteroatoms. The highest BCUT2D eigenvalue weighted by Crippen LogP contribution is 2.66. The van der Waals surface area contributed by atoms with Crippen LogP contribution in [0.2, 0.25) is 0 Å². The standard InChI is InChI=1S/C40H45N7O5S/c1-25-21-30-28-12-11-26-22-27(48)23-34(52-53(4,50)51)40(26,3)29(28)13-14-39(30,2)35(25)33(49)24-46-17-19-47(20-18-46)38-44-36(31-9-5-7-15-41-31)43-37(45-38)32-10-6-8-16-42-32/h5-10,13,15-16,22-23,25,28,30,35H,11-12,14,17-21,24H2,1-4H3/t25?,28-,30+,35-,39+,40+/m1/s1. The Morgan fingerprint density at radius 2 is 1.60 bits per heavy atom. The van der Waals surface area contributed by atoms with E-state index in [0.29, 0.717) is 68.1 Å². The second kappa shape index (κ2) is 13.3. The number of piperazine rings is 1. The molecule has 0 spiro atoms. The summed E-state index contributed by atoms with van der Waals surface area (Å²) in [4.78, 5) is 54.6. The van der Waals surface area contributed by atoms with Gasteiger partial charge in [-0.15, -0.1) is 0 Å². The van der Waals surface area contributed by atoms with Crippen LogP contribution in [0.5, 0.6) is 0 Å². The third-order valence-electron chi connectivity index (χ3n) is 12.5. The quantitative estimate of drug-likeness (QED) is 0.224. The molecule has 1 saturated heterocycles. The van der Waals surface area contributed by atoms with E-state index in [1.165, 1.54) is 6.08 Å². The van der Waals surface area contributed by atoms with E-state index >= 15 is 0 Å². The van der Waals surface area contributed by atoms with Gasteiger partial charge < -0.3 is 9.08 Å². The van der Waals surface area contributed by atoms with Gasteiger partial charge in [-0.1, -0.05) is 37.6 Å². The number of Topliss-reactive ketones (excluding diaryl/α,β-unsaturated/α-hetero) is 1. The summed E-state index contributed by atoms with van der Waals surface area (Å²) in [5.74, 6) is 2.35. The Morgan fingerprint density at radius 1 is 0.943 bits per heavy atom. The molecule has 0 N–H and O–H groups in total. The monoisotopic (exact) mass is 735 g/mol. The van der Waals surface area contributed by atoms with E-state index in [4.69, 9.17) is 19.1 Å². The molecular weight excluding hydrogens is 691 g/mol. The summed E-state index contributed by atoms with van der Waals surface area (Å²) in [6.07, 6.45) is 12.9. The van der Waals surface area contributed by atoms with Gasteiger partial charge in [-0.05, 0) is 91.7 Å². The molecule has 4 aliphatic carbocycles. The number of hydrogen-bond acceptors (Lipinski definition) is 12. The summed E-state index contributed by atoms with van der Waals surface area (Å²) in [7, 11) is -3.83. The molecule has 0 amide bonds. The van der Waals surface area contributed by atoms with E-state index < -0.39 is 15.5 Å². The van der Waals surface area contributed by atoms with Crippen molar-refractivity contribution in [1.82, 2.24) is 29.8 Å². The third kappa shape index (κ3) is 6.41. The van der Waals surface area contributed by atoms with Crippen LogP contribution in [0, 0.1) is 34.5 Å². The number of carbonyl (C=O) groups excluding carboxylic acids is 2. The van der Waals surface area contributed by atoms with Gasteiger partial charge >= 0.3 is 10.1 Å². The number of rotatable bonds is 8. The molecule has 276 valence electrons. The van der Waals surface area contributed by atoms with Crippen LogP contribution >= 0.6 is 0 Å². The second-order valence-corrected chi connectivity index (χ2v) is 17.3. The van der Waals surface area contributed by atoms with Crippen LogP contribution < -0.4 is 4.90 Å². The predicted molar refractivity (Wildman–Crippen MR) is 199 cm³/mol. The predicted octanol–water partition coefficient (Wildman–Crippen LogP) is 5.08. The Bertz CT molecular complexity index is 2090. The molecule has 3 aromatic rings. The lowest BCUT2D eigenvalue weighted by Crippen LogP contribution is -2.51. The van der Waals surface area contributed by atoms with Gasteiger partial charge in [0.25, 0.3) is 0 Å². The van der Waals surface area contributed by atoms with Crippen LogP contribution in [0.4, 0.5) is 5.95 Å². The fourth-order valence-corrected chi connectivity index (χ4v) is 10.6. The summed E-state index contributed by atoms with van der Waals surface area (Å²) in [6.45, 7) is 9.62. The molecule has 12 nitrogen and oxygen atoms in total. The number of nitrogens with zero attached hydrogens (tertiary/aromatic N) is 7. The van der Waals surface area contributed by atoms with Crippen molar-refractivity contribution >= 4 is 27.6 Å². The van der Waals surface area contributed by atoms with Gasteiger partial charge in [0, 0.05) is 50.6 Å². The van der Waals surface area contributed by atoms with Crippen molar-refractivity contribution in [2.24, 2.45) is 34.5 Å². The molecule has 1 unspecified atom stereocenters. The molecule has 0 radical (unpaired) electrons. The maximum Gasteiger partial charge on any atom is 0.305 e. The largest absolute Gasteiger partial charge is 0.386 e. The summed E-state index contributed by atoms with van der Waals surface area (Å²) >= 11 is 0. The summed E-state index contributed by atoms with van der Waals surface area (Å²) < 4.78 is 30.1. The molecule has 2 saturated carbocycles. The molecule has 8 rings (SSSR count). The number of hydrogen-bond donors (Lipinski definition) is 0. The van der Waals surface area contributed by atoms with Crippen LogP contribution in [0.3, 0.4) is 0 Å². The fraction of sp³-hybridized carbons (Fsp3) is 0.475. The summed E-state index contributed by atoms with van der Waals surface area (Å²) in [5.41, 5.74) is 2.35. The lowest BCUT2D eigenvalue weighted by molar-refractivity contribution is -0.129. The molecule has 53 heavy (non-hydrogen) atoms. The average Bonchev–Trinajstić information content (AvgIpc) is 3.42. The van der Waals surface area contributed by atoms with Gasteiger partial charge in [-0.3, -0.25) is 24.5 Å². The van der Waals surface area contributed by atoms with E-state index in [2.05, 4.69) is 39.7 Å². The molecule has 0 aromatic carbocycles. The first kappa shape index (κ1) is 35.4. The number of anilines is 1. The Balaban J connectivity index is 0.984. The van der Waals surface area contributed by atoms with Crippen LogP contribution in [0.15, 0.2) is 83.9 Å². The maximum absolute atomic E-state index is 14.4. The van der Waals surface area contributed by atoms with Crippen molar-refractivity contribution in [3.05, 3.63) is 83.9 Å². The molecule has 1 aliphatic heterocycles. The molecule has 3 aromatic heterocycles. The van der Waals surface area contributed by atoms with E-state index in [0.717, 1.165) is 36.7 Å². The van der Waals surface area contributed by atoms with E-state index in [1.807, 2.05) is 43.3 Å². The average molecular weight is 736 g/mol. The van der Waals surface area contributed by atoms with Crippen LogP contribution in [0.25, 0.3) is 23.0 Å². The molecule has 6 atom stereocenters. The zero-order valence-electron chi connectivity index (χ0n) is 30.6. The van der Waals surface area contributed by atoms with Crippen molar-refractivity contribution in [2.75, 3.05) is 43.9 Å². The zero-order chi connectivity index (χ0) is 37.1. The Morgan fingerprint density at radius 3 is 2.21 bits per heavy atom. The van der Waals surface area contributed by atoms with Gasteiger partial charge in [0.05, 0.1) is 18.2 Å². The van der Waals surface area contributed by atoms with Crippen molar-refractivity contribution in [1.29, 1.82) is 0 Å². The lowest BCUT2D eigenvalue weighted by atomic mass is 9.51. The number of pyridine rings is 2. The maximum atomic E-state index is 14.4. The Labute approximate surface area is 310 Å². The van der Waals surface area contributed by atoms with Crippen molar-refractivity contribution < 1.29 is 22.2 Å².